The normalized spacial score (nSPS) is 20.4. The van der Waals surface area contributed by atoms with Crippen LogP contribution in [-0.2, 0) is 31.1 Å². The minimum Gasteiger partial charge on any atom is -0.340 e. The van der Waals surface area contributed by atoms with Gasteiger partial charge in [-0.1, -0.05) is 45.5 Å². The van der Waals surface area contributed by atoms with Gasteiger partial charge in [-0.2, -0.15) is 0 Å². The number of benzene rings is 1. The number of likely N-dealkylation sites (tertiary alicyclic amines) is 1. The van der Waals surface area contributed by atoms with Gasteiger partial charge in [-0.15, -0.1) is 0 Å². The molecule has 2 bridgehead atoms. The van der Waals surface area contributed by atoms with Crippen LogP contribution in [0.4, 0.5) is 0 Å². The van der Waals surface area contributed by atoms with Gasteiger partial charge >= 0.3 is 5.91 Å². The second-order valence-electron chi connectivity index (χ2n) is 8.11. The van der Waals surface area contributed by atoms with Crippen LogP contribution in [0.2, 0.25) is 0 Å². The molecule has 1 fully saturated rings. The van der Waals surface area contributed by atoms with Gasteiger partial charge in [0, 0.05) is 39.0 Å². The number of nitrogens with zero attached hydrogens (tertiary/aromatic N) is 1. The second kappa shape index (κ2) is 10.6. The van der Waals surface area contributed by atoms with E-state index < -0.39 is 5.54 Å². The largest absolute Gasteiger partial charge is 0.340 e. The van der Waals surface area contributed by atoms with Gasteiger partial charge in [0.2, 0.25) is 5.91 Å². The number of nitrogens with one attached hydrogen (secondary N) is 1. The monoisotopic (exact) mass is 417 g/mol. The molecule has 6 nitrogen and oxygen atoms in total. The molecule has 166 valence electrons. The molecule has 0 unspecified atom stereocenters. The predicted octanol–water partition coefficient (Wildman–Crippen LogP) is 3.31. The van der Waals surface area contributed by atoms with Crippen molar-refractivity contribution in [3.05, 3.63) is 35.4 Å². The molecule has 0 radical (unpaired) electrons. The fraction of sp³-hybridized carbons (Fsp3) is 0.583. The number of Topliss-reactive ketones (excluding diaryl/α,β-unsaturated/α-hetero) is 2. The first kappa shape index (κ1) is 25.7. The summed E-state index contributed by atoms with van der Waals surface area (Å²) >= 11 is 0. The Bertz CT molecular complexity index is 779. The zero-order valence-corrected chi connectivity index (χ0v) is 18.0. The van der Waals surface area contributed by atoms with Crippen LogP contribution in [0.15, 0.2) is 24.3 Å². The van der Waals surface area contributed by atoms with Crippen LogP contribution in [-0.4, -0.2) is 47.5 Å². The minimum atomic E-state index is -0.806. The Kier molecular flexibility index (Phi) is 9.09. The van der Waals surface area contributed by atoms with Gasteiger partial charge in [-0.25, -0.2) is 4.79 Å². The highest BCUT2D eigenvalue weighted by Crippen LogP contribution is 2.33. The number of carbonyl (C=O) groups excluding carboxylic acids is 4. The van der Waals surface area contributed by atoms with Gasteiger partial charge in [0.25, 0.3) is 0 Å². The third kappa shape index (κ3) is 5.42. The fourth-order valence-corrected chi connectivity index (χ4v) is 4.34. The Balaban J connectivity index is 0.000000297. The molecule has 1 aromatic rings. The Hall–Kier alpha value is -2.34. The summed E-state index contributed by atoms with van der Waals surface area (Å²) in [5.41, 5.74) is 1.18. The molecule has 1 saturated heterocycles. The van der Waals surface area contributed by atoms with Crippen LogP contribution in [0.3, 0.4) is 0 Å². The minimum absolute atomic E-state index is 0. The average Bonchev–Trinajstić information content (AvgIpc) is 3.18. The molecule has 1 heterocycles. The number of hydrogen-bond donors (Lipinski definition) is 1. The summed E-state index contributed by atoms with van der Waals surface area (Å²) in [5, 5.41) is 2.83. The smallest absolute Gasteiger partial charge is 0.310 e. The maximum atomic E-state index is 12.1. The van der Waals surface area contributed by atoms with E-state index >= 15 is 0 Å². The quantitative estimate of drug-likeness (QED) is 0.720. The summed E-state index contributed by atoms with van der Waals surface area (Å²) in [6.45, 7) is 8.88. The van der Waals surface area contributed by atoms with Crippen LogP contribution < -0.4 is 5.32 Å². The lowest BCUT2D eigenvalue weighted by atomic mass is 9.75. The molecular weight excluding hydrogens is 380 g/mol. The molecule has 1 N–H and O–H groups in total. The number of rotatable bonds is 6. The third-order valence-electron chi connectivity index (χ3n) is 6.07. The molecule has 0 spiro atoms. The van der Waals surface area contributed by atoms with E-state index in [4.69, 9.17) is 0 Å². The van der Waals surface area contributed by atoms with Crippen molar-refractivity contribution in [3.8, 4) is 0 Å². The molecule has 2 amide bonds. The number of quaternary nitrogens is 1. The van der Waals surface area contributed by atoms with Gasteiger partial charge in [-0.3, -0.25) is 18.9 Å². The van der Waals surface area contributed by atoms with Crippen LogP contribution in [0.1, 0.15) is 71.9 Å². The molecule has 1 atom stereocenters. The van der Waals surface area contributed by atoms with E-state index in [1.165, 1.54) is 6.92 Å². The van der Waals surface area contributed by atoms with Crippen molar-refractivity contribution in [2.75, 3.05) is 19.6 Å². The highest BCUT2D eigenvalue weighted by Gasteiger charge is 2.42. The number of amides is 2. The first-order valence-electron chi connectivity index (χ1n) is 10.5. The Labute approximate surface area is 180 Å². The van der Waals surface area contributed by atoms with Crippen molar-refractivity contribution in [1.29, 1.82) is 0 Å². The third-order valence-corrected chi connectivity index (χ3v) is 6.07. The zero-order valence-electron chi connectivity index (χ0n) is 18.0. The molecule has 0 saturated carbocycles. The van der Waals surface area contributed by atoms with E-state index in [9.17, 15) is 19.2 Å². The highest BCUT2D eigenvalue weighted by molar-refractivity contribution is 5.94. The molecule has 30 heavy (non-hydrogen) atoms. The van der Waals surface area contributed by atoms with Crippen molar-refractivity contribution < 1.29 is 23.7 Å². The van der Waals surface area contributed by atoms with Gasteiger partial charge in [0.1, 0.15) is 12.1 Å². The molecule has 1 aromatic carbocycles. The van der Waals surface area contributed by atoms with Crippen LogP contribution in [0.5, 0.6) is 0 Å². The standard InChI is InChI=1S/C13H15NO2.C10H18NO2.CH4/c1-3-12(16)13(14-9(2)15)8-10-4-6-11(13)7-5-10;1-3-10(13)8-11(9(2)12)6-4-5-7-11;/h4-7H,3,8H2,1-2H3,(H,14,15);3-8H2,1-2H3;1H4/q;+1;/t13-;;/m1../s1. The lowest BCUT2D eigenvalue weighted by Crippen LogP contribution is -2.53. The van der Waals surface area contributed by atoms with Gasteiger partial charge in [0.05, 0.1) is 20.0 Å². The van der Waals surface area contributed by atoms with Crippen molar-refractivity contribution in [3.63, 3.8) is 0 Å². The summed E-state index contributed by atoms with van der Waals surface area (Å²) in [5.74, 6) is 0.268. The van der Waals surface area contributed by atoms with E-state index in [0.29, 0.717) is 30.3 Å². The molecule has 4 rings (SSSR count). The number of carbonyl (C=O) groups is 4. The van der Waals surface area contributed by atoms with Crippen molar-refractivity contribution in [2.45, 2.75) is 72.8 Å². The van der Waals surface area contributed by atoms with E-state index in [-0.39, 0.29) is 30.8 Å². The van der Waals surface area contributed by atoms with Gasteiger partial charge in [0.15, 0.2) is 11.6 Å². The molecule has 6 heteroatoms. The topological polar surface area (TPSA) is 80.3 Å². The van der Waals surface area contributed by atoms with Crippen LogP contribution in [0, 0.1) is 0 Å². The SMILES string of the molecule is C.CCC(=O)C[N+]1(C(C)=O)CCCC1.CCC(=O)[C@@]1(NC(C)=O)Cc2ccc1cc2. The maximum absolute atomic E-state index is 12.1. The van der Waals surface area contributed by atoms with E-state index in [0.717, 1.165) is 37.1 Å². The molecule has 1 aliphatic heterocycles. The van der Waals surface area contributed by atoms with Crippen molar-refractivity contribution in [1.82, 2.24) is 5.32 Å². The Morgan fingerprint density at radius 3 is 1.90 bits per heavy atom. The first-order chi connectivity index (χ1) is 13.7. The summed E-state index contributed by atoms with van der Waals surface area (Å²) in [6, 6.07) is 7.83. The first-order valence-corrected chi connectivity index (χ1v) is 10.5. The van der Waals surface area contributed by atoms with Crippen LogP contribution >= 0.6 is 0 Å². The lowest BCUT2D eigenvalue weighted by Gasteiger charge is -2.37. The summed E-state index contributed by atoms with van der Waals surface area (Å²) in [4.78, 5) is 46.1. The van der Waals surface area contributed by atoms with Crippen LogP contribution in [0.25, 0.3) is 0 Å². The number of ketones is 2. The van der Waals surface area contributed by atoms with Crippen molar-refractivity contribution in [2.24, 2.45) is 0 Å². The fourth-order valence-electron chi connectivity index (χ4n) is 4.34. The van der Waals surface area contributed by atoms with E-state index in [1.54, 1.807) is 6.92 Å². The average molecular weight is 418 g/mol. The molecule has 3 aliphatic rings. The highest BCUT2D eigenvalue weighted by atomic mass is 16.2. The number of hydrogen-bond acceptors (Lipinski definition) is 4. The Morgan fingerprint density at radius 2 is 1.53 bits per heavy atom. The van der Waals surface area contributed by atoms with E-state index in [2.05, 4.69) is 5.32 Å². The number of fused-ring (bicyclic) bond motifs is 3. The van der Waals surface area contributed by atoms with Crippen molar-refractivity contribution >= 4 is 23.4 Å². The molecule has 2 aliphatic carbocycles. The molecular formula is C24H37N2O4+. The Morgan fingerprint density at radius 1 is 0.967 bits per heavy atom. The van der Waals surface area contributed by atoms with Gasteiger partial charge in [-0.05, 0) is 11.1 Å². The summed E-state index contributed by atoms with van der Waals surface area (Å²) in [6.07, 6.45) is 3.72. The second-order valence-corrected chi connectivity index (χ2v) is 8.11. The van der Waals surface area contributed by atoms with E-state index in [1.807, 2.05) is 38.1 Å². The molecule has 0 aromatic heterocycles. The summed E-state index contributed by atoms with van der Waals surface area (Å²) < 4.78 is 0.409. The summed E-state index contributed by atoms with van der Waals surface area (Å²) in [7, 11) is 0. The van der Waals surface area contributed by atoms with Gasteiger partial charge < -0.3 is 5.32 Å². The maximum Gasteiger partial charge on any atom is 0.310 e. The lowest BCUT2D eigenvalue weighted by molar-refractivity contribution is -0.833. The predicted molar refractivity (Wildman–Crippen MR) is 118 cm³/mol. The zero-order chi connectivity index (χ0) is 21.7.